The Balaban J connectivity index is 1.32. The highest BCUT2D eigenvalue weighted by atomic mass is 35.5. The summed E-state index contributed by atoms with van der Waals surface area (Å²) in [5.74, 6) is 0.949. The number of carbonyl (C=O) groups is 2. The van der Waals surface area contributed by atoms with E-state index in [-0.39, 0.29) is 11.8 Å². The Morgan fingerprint density at radius 3 is 2.20 bits per heavy atom. The number of hydrogen-bond acceptors (Lipinski definition) is 4. The molecule has 0 aromatic heterocycles. The molecule has 8 heteroatoms. The fourth-order valence-corrected chi connectivity index (χ4v) is 4.39. The summed E-state index contributed by atoms with van der Waals surface area (Å²) in [6.07, 6.45) is 5.75. The molecule has 6 nitrogen and oxygen atoms in total. The molecular formula is C22H31Cl2N3O3. The summed E-state index contributed by atoms with van der Waals surface area (Å²) in [7, 11) is 0. The van der Waals surface area contributed by atoms with Gasteiger partial charge in [0.2, 0.25) is 11.8 Å². The van der Waals surface area contributed by atoms with E-state index in [0.29, 0.717) is 54.9 Å². The zero-order valence-corrected chi connectivity index (χ0v) is 19.0. The lowest BCUT2D eigenvalue weighted by atomic mass is 10.2. The molecule has 0 spiro atoms. The average Bonchev–Trinajstić information content (AvgIpc) is 3.02. The second kappa shape index (κ2) is 11.8. The molecule has 166 valence electrons. The lowest BCUT2D eigenvalue weighted by molar-refractivity contribution is -0.135. The van der Waals surface area contributed by atoms with Gasteiger partial charge in [-0.05, 0) is 37.5 Å². The molecule has 0 unspecified atom stereocenters. The van der Waals surface area contributed by atoms with Gasteiger partial charge in [0.15, 0.2) is 0 Å². The SMILES string of the molecule is O=C(CCCOc1ccc(Cl)cc1Cl)N1CCN(CC(=O)N2CCCCCC2)CC1. The van der Waals surface area contributed by atoms with Gasteiger partial charge < -0.3 is 14.5 Å². The van der Waals surface area contributed by atoms with E-state index in [2.05, 4.69) is 4.90 Å². The van der Waals surface area contributed by atoms with Crippen LogP contribution in [0.3, 0.4) is 0 Å². The van der Waals surface area contributed by atoms with Gasteiger partial charge in [-0.1, -0.05) is 36.0 Å². The maximum absolute atomic E-state index is 12.5. The third-order valence-corrected chi connectivity index (χ3v) is 6.26. The van der Waals surface area contributed by atoms with Crippen LogP contribution >= 0.6 is 23.2 Å². The number of likely N-dealkylation sites (tertiary alicyclic amines) is 1. The molecular weight excluding hydrogens is 425 g/mol. The van der Waals surface area contributed by atoms with E-state index in [1.807, 2.05) is 9.80 Å². The molecule has 2 aliphatic rings. The molecule has 3 rings (SSSR count). The van der Waals surface area contributed by atoms with Gasteiger partial charge in [-0.15, -0.1) is 0 Å². The molecule has 30 heavy (non-hydrogen) atoms. The van der Waals surface area contributed by atoms with Crippen molar-refractivity contribution in [3.63, 3.8) is 0 Å². The molecule has 2 fully saturated rings. The number of halogens is 2. The number of hydrogen-bond donors (Lipinski definition) is 0. The van der Waals surface area contributed by atoms with Crippen LogP contribution in [0.4, 0.5) is 0 Å². The smallest absolute Gasteiger partial charge is 0.236 e. The highest BCUT2D eigenvalue weighted by molar-refractivity contribution is 6.35. The minimum absolute atomic E-state index is 0.138. The summed E-state index contributed by atoms with van der Waals surface area (Å²) in [4.78, 5) is 31.1. The molecule has 2 amide bonds. The first kappa shape index (κ1) is 23.2. The van der Waals surface area contributed by atoms with E-state index in [1.165, 1.54) is 12.8 Å². The number of amides is 2. The molecule has 0 bridgehead atoms. The highest BCUT2D eigenvalue weighted by Crippen LogP contribution is 2.27. The van der Waals surface area contributed by atoms with Crippen molar-refractivity contribution in [2.24, 2.45) is 0 Å². The maximum atomic E-state index is 12.5. The Kier molecular flexibility index (Phi) is 9.09. The third kappa shape index (κ3) is 7.03. The van der Waals surface area contributed by atoms with Crippen LogP contribution in [-0.4, -0.2) is 78.9 Å². The zero-order valence-electron chi connectivity index (χ0n) is 17.5. The van der Waals surface area contributed by atoms with E-state index in [9.17, 15) is 9.59 Å². The molecule has 1 aromatic rings. The third-order valence-electron chi connectivity index (χ3n) is 5.73. The van der Waals surface area contributed by atoms with Gasteiger partial charge >= 0.3 is 0 Å². The first-order valence-corrected chi connectivity index (χ1v) is 11.6. The van der Waals surface area contributed by atoms with Crippen LogP contribution in [0.25, 0.3) is 0 Å². The van der Waals surface area contributed by atoms with Crippen LogP contribution in [-0.2, 0) is 9.59 Å². The molecule has 1 aromatic carbocycles. The molecule has 0 atom stereocenters. The van der Waals surface area contributed by atoms with E-state index >= 15 is 0 Å². The number of piperazine rings is 1. The van der Waals surface area contributed by atoms with Gasteiger partial charge in [0.25, 0.3) is 0 Å². The second-order valence-electron chi connectivity index (χ2n) is 7.98. The average molecular weight is 456 g/mol. The Labute approximate surface area is 189 Å². The predicted molar refractivity (Wildman–Crippen MR) is 119 cm³/mol. The first-order valence-electron chi connectivity index (χ1n) is 10.9. The first-order chi connectivity index (χ1) is 14.5. The van der Waals surface area contributed by atoms with E-state index in [1.54, 1.807) is 18.2 Å². The number of carbonyl (C=O) groups excluding carboxylic acids is 2. The fourth-order valence-electron chi connectivity index (χ4n) is 3.92. The van der Waals surface area contributed by atoms with E-state index in [4.69, 9.17) is 27.9 Å². The largest absolute Gasteiger partial charge is 0.492 e. The summed E-state index contributed by atoms with van der Waals surface area (Å²) < 4.78 is 5.65. The number of nitrogens with zero attached hydrogens (tertiary/aromatic N) is 3. The Morgan fingerprint density at radius 1 is 0.867 bits per heavy atom. The van der Waals surface area contributed by atoms with Crippen molar-refractivity contribution in [3.05, 3.63) is 28.2 Å². The summed E-state index contributed by atoms with van der Waals surface area (Å²) in [6, 6.07) is 5.10. The van der Waals surface area contributed by atoms with E-state index in [0.717, 1.165) is 39.0 Å². The van der Waals surface area contributed by atoms with Gasteiger partial charge in [-0.25, -0.2) is 0 Å². The number of benzene rings is 1. The summed E-state index contributed by atoms with van der Waals surface area (Å²) in [5.41, 5.74) is 0. The zero-order chi connectivity index (χ0) is 21.3. The topological polar surface area (TPSA) is 53.1 Å². The van der Waals surface area contributed by atoms with Crippen molar-refractivity contribution in [3.8, 4) is 5.75 Å². The molecule has 0 saturated carbocycles. The van der Waals surface area contributed by atoms with Crippen LogP contribution < -0.4 is 4.74 Å². The maximum Gasteiger partial charge on any atom is 0.236 e. The summed E-state index contributed by atoms with van der Waals surface area (Å²) in [6.45, 7) is 5.53. The quantitative estimate of drug-likeness (QED) is 0.588. The molecule has 0 aliphatic carbocycles. The summed E-state index contributed by atoms with van der Waals surface area (Å²) in [5, 5.41) is 1.04. The van der Waals surface area contributed by atoms with Crippen molar-refractivity contribution in [2.45, 2.75) is 38.5 Å². The monoisotopic (exact) mass is 455 g/mol. The minimum Gasteiger partial charge on any atom is -0.492 e. The van der Waals surface area contributed by atoms with Crippen molar-refractivity contribution in [1.82, 2.24) is 14.7 Å². The van der Waals surface area contributed by atoms with Crippen LogP contribution in [0.1, 0.15) is 38.5 Å². The van der Waals surface area contributed by atoms with Crippen molar-refractivity contribution in [1.29, 1.82) is 0 Å². The molecule has 2 aliphatic heterocycles. The Morgan fingerprint density at radius 2 is 1.53 bits per heavy atom. The summed E-state index contributed by atoms with van der Waals surface area (Å²) >= 11 is 12.0. The van der Waals surface area contributed by atoms with Crippen molar-refractivity contribution in [2.75, 3.05) is 52.4 Å². The van der Waals surface area contributed by atoms with E-state index < -0.39 is 0 Å². The Hall–Kier alpha value is -1.50. The van der Waals surface area contributed by atoms with Crippen molar-refractivity contribution >= 4 is 35.0 Å². The van der Waals surface area contributed by atoms with Crippen LogP contribution in [0.2, 0.25) is 10.0 Å². The Bertz CT molecular complexity index is 716. The standard InChI is InChI=1S/C22H31Cl2N3O3/c23-18-7-8-20(19(24)16-18)30-15-5-6-21(28)27-13-11-25(12-14-27)17-22(29)26-9-3-1-2-4-10-26/h7-8,16H,1-6,9-15,17H2. The number of rotatable bonds is 7. The van der Waals surface area contributed by atoms with Gasteiger partial charge in [0, 0.05) is 50.7 Å². The molecule has 2 saturated heterocycles. The van der Waals surface area contributed by atoms with Crippen LogP contribution in [0.15, 0.2) is 18.2 Å². The molecule has 2 heterocycles. The van der Waals surface area contributed by atoms with Crippen LogP contribution in [0, 0.1) is 0 Å². The second-order valence-corrected chi connectivity index (χ2v) is 8.82. The van der Waals surface area contributed by atoms with Gasteiger partial charge in [0.05, 0.1) is 18.2 Å². The minimum atomic E-state index is 0.138. The number of ether oxygens (including phenoxy) is 1. The predicted octanol–water partition coefficient (Wildman–Crippen LogP) is 3.70. The lowest BCUT2D eigenvalue weighted by Gasteiger charge is -2.35. The lowest BCUT2D eigenvalue weighted by Crippen LogP contribution is -2.51. The highest BCUT2D eigenvalue weighted by Gasteiger charge is 2.24. The van der Waals surface area contributed by atoms with Gasteiger partial charge in [-0.3, -0.25) is 14.5 Å². The van der Waals surface area contributed by atoms with Gasteiger partial charge in [0.1, 0.15) is 5.75 Å². The normalized spacial score (nSPS) is 18.2. The molecule has 0 radical (unpaired) electrons. The van der Waals surface area contributed by atoms with Crippen molar-refractivity contribution < 1.29 is 14.3 Å². The fraction of sp³-hybridized carbons (Fsp3) is 0.636. The molecule has 0 N–H and O–H groups in total. The van der Waals surface area contributed by atoms with Gasteiger partial charge in [-0.2, -0.15) is 0 Å². The van der Waals surface area contributed by atoms with Crippen LogP contribution in [0.5, 0.6) is 5.75 Å².